The van der Waals surface area contributed by atoms with E-state index in [1.807, 2.05) is 52.0 Å². The van der Waals surface area contributed by atoms with Gasteiger partial charge in [-0.15, -0.1) is 0 Å². The molecule has 7 heteroatoms. The molecule has 3 aromatic carbocycles. The Bertz CT molecular complexity index is 1230. The van der Waals surface area contributed by atoms with E-state index in [1.54, 1.807) is 24.3 Å². The van der Waals surface area contributed by atoms with Crippen LogP contribution >= 0.6 is 0 Å². The number of hydrogen-bond acceptors (Lipinski definition) is 5. The van der Waals surface area contributed by atoms with E-state index in [9.17, 15) is 14.7 Å². The number of ether oxygens (including phenoxy) is 2. The number of aliphatic hydroxyl groups is 1. The van der Waals surface area contributed by atoms with Crippen LogP contribution in [0.3, 0.4) is 0 Å². The summed E-state index contributed by atoms with van der Waals surface area (Å²) in [4.78, 5) is 26.1. The van der Waals surface area contributed by atoms with Gasteiger partial charge in [0.15, 0.2) is 6.23 Å². The van der Waals surface area contributed by atoms with Crippen molar-refractivity contribution in [3.05, 3.63) is 65.2 Å². The number of anilines is 1. The van der Waals surface area contributed by atoms with Gasteiger partial charge >= 0.3 is 5.97 Å². The molecule has 0 saturated heterocycles. The molecule has 0 aromatic heterocycles. The number of carboxylic acid groups (broad SMARTS) is 1. The van der Waals surface area contributed by atoms with Crippen LogP contribution in [0.25, 0.3) is 10.8 Å². The number of carboxylic acids is 1. The van der Waals surface area contributed by atoms with E-state index in [0.29, 0.717) is 34.9 Å². The Morgan fingerprint density at radius 3 is 2.18 bits per heavy atom. The first-order chi connectivity index (χ1) is 16.2. The molecule has 1 amide bonds. The van der Waals surface area contributed by atoms with E-state index < -0.39 is 18.1 Å². The second-order valence-electron chi connectivity index (χ2n) is 9.15. The van der Waals surface area contributed by atoms with E-state index in [0.717, 1.165) is 10.8 Å². The summed E-state index contributed by atoms with van der Waals surface area (Å²) in [6.07, 6.45) is -1.59. The van der Waals surface area contributed by atoms with Crippen molar-refractivity contribution in [2.24, 2.45) is 5.92 Å². The highest BCUT2D eigenvalue weighted by atomic mass is 16.5. The van der Waals surface area contributed by atoms with Crippen LogP contribution in [0, 0.1) is 5.92 Å². The quantitative estimate of drug-likeness (QED) is 0.491. The zero-order valence-electron chi connectivity index (χ0n) is 19.7. The predicted molar refractivity (Wildman–Crippen MR) is 130 cm³/mol. The molecule has 0 saturated carbocycles. The van der Waals surface area contributed by atoms with Crippen molar-refractivity contribution in [2.75, 3.05) is 11.5 Å². The molecule has 1 aliphatic rings. The van der Waals surface area contributed by atoms with Crippen LogP contribution in [0.2, 0.25) is 0 Å². The van der Waals surface area contributed by atoms with Gasteiger partial charge in [-0.1, -0.05) is 50.2 Å². The third-order valence-electron chi connectivity index (χ3n) is 5.58. The second kappa shape index (κ2) is 9.35. The monoisotopic (exact) mass is 463 g/mol. The van der Waals surface area contributed by atoms with Gasteiger partial charge in [-0.3, -0.25) is 14.5 Å². The number of aliphatic carboxylic acids is 1. The van der Waals surface area contributed by atoms with Gasteiger partial charge in [-0.2, -0.15) is 0 Å². The third-order valence-corrected chi connectivity index (χ3v) is 5.58. The zero-order valence-corrected chi connectivity index (χ0v) is 19.7. The largest absolute Gasteiger partial charge is 0.492 e. The molecule has 0 bridgehead atoms. The van der Waals surface area contributed by atoms with Gasteiger partial charge < -0.3 is 19.7 Å². The third kappa shape index (κ3) is 4.31. The molecule has 0 aliphatic carbocycles. The predicted octanol–water partition coefficient (Wildman–Crippen LogP) is 4.94. The Morgan fingerprint density at radius 2 is 1.62 bits per heavy atom. The number of carbonyl (C=O) groups is 2. The molecule has 2 N–H and O–H groups in total. The second-order valence-corrected chi connectivity index (χ2v) is 9.15. The summed E-state index contributed by atoms with van der Waals surface area (Å²) in [5, 5.41) is 22.0. The lowest BCUT2D eigenvalue weighted by Gasteiger charge is -2.23. The summed E-state index contributed by atoms with van der Waals surface area (Å²) in [5.74, 6) is -0.203. The molecule has 1 aliphatic heterocycles. The Hall–Kier alpha value is -3.58. The lowest BCUT2D eigenvalue weighted by Crippen LogP contribution is -2.27. The topological polar surface area (TPSA) is 96.3 Å². The summed E-state index contributed by atoms with van der Waals surface area (Å²) < 4.78 is 12.3. The maximum Gasteiger partial charge on any atom is 0.307 e. The van der Waals surface area contributed by atoms with Crippen LogP contribution in [0.1, 0.15) is 55.4 Å². The molecule has 4 rings (SSSR count). The smallest absolute Gasteiger partial charge is 0.307 e. The van der Waals surface area contributed by atoms with Gasteiger partial charge in [0, 0.05) is 16.5 Å². The summed E-state index contributed by atoms with van der Waals surface area (Å²) in [5.41, 5.74) is 1.73. The van der Waals surface area contributed by atoms with Crippen LogP contribution in [0.15, 0.2) is 48.5 Å². The van der Waals surface area contributed by atoms with Crippen molar-refractivity contribution < 1.29 is 29.3 Å². The van der Waals surface area contributed by atoms with Crippen molar-refractivity contribution in [1.29, 1.82) is 0 Å². The van der Waals surface area contributed by atoms with Crippen LogP contribution in [0.5, 0.6) is 11.5 Å². The Morgan fingerprint density at radius 1 is 1.00 bits per heavy atom. The number of hydrogen-bond donors (Lipinski definition) is 2. The molecule has 0 fully saturated rings. The number of carbonyl (C=O) groups excluding carboxylic acids is 1. The maximum atomic E-state index is 13.8. The van der Waals surface area contributed by atoms with E-state index in [4.69, 9.17) is 14.6 Å². The molecule has 7 nitrogen and oxygen atoms in total. The molecular weight excluding hydrogens is 434 g/mol. The highest BCUT2D eigenvalue weighted by molar-refractivity contribution is 6.17. The summed E-state index contributed by atoms with van der Waals surface area (Å²) in [6, 6.07) is 14.1. The fourth-order valence-corrected chi connectivity index (χ4v) is 4.18. The summed E-state index contributed by atoms with van der Waals surface area (Å²) in [6.45, 7) is 8.26. The SMILES string of the molecule is CC(C)COc1c2c(c(OC(C)C)c3ccccc13)C(O)N(c1ccc(CC(=O)O)cc1)C2=O. The highest BCUT2D eigenvalue weighted by Crippen LogP contribution is 2.50. The van der Waals surface area contributed by atoms with Crippen LogP contribution in [0.4, 0.5) is 5.69 Å². The van der Waals surface area contributed by atoms with E-state index >= 15 is 0 Å². The van der Waals surface area contributed by atoms with E-state index in [2.05, 4.69) is 0 Å². The first-order valence-corrected chi connectivity index (χ1v) is 11.4. The fourth-order valence-electron chi connectivity index (χ4n) is 4.18. The van der Waals surface area contributed by atoms with Crippen LogP contribution < -0.4 is 14.4 Å². The lowest BCUT2D eigenvalue weighted by molar-refractivity contribution is -0.136. The Balaban J connectivity index is 1.90. The first kappa shape index (κ1) is 23.6. The van der Waals surface area contributed by atoms with Gasteiger partial charge in [0.25, 0.3) is 5.91 Å². The molecule has 178 valence electrons. The Kier molecular flexibility index (Phi) is 6.48. The molecule has 34 heavy (non-hydrogen) atoms. The lowest BCUT2D eigenvalue weighted by atomic mass is 9.98. The molecule has 0 radical (unpaired) electrons. The molecule has 1 heterocycles. The maximum absolute atomic E-state index is 13.8. The Labute approximate surface area is 198 Å². The number of fused-ring (bicyclic) bond motifs is 2. The molecule has 1 atom stereocenters. The van der Waals surface area contributed by atoms with Crippen LogP contribution in [-0.2, 0) is 11.2 Å². The number of amides is 1. The number of rotatable bonds is 8. The minimum atomic E-state index is -1.28. The van der Waals surface area contributed by atoms with Gasteiger partial charge in [-0.05, 0) is 37.5 Å². The molecule has 1 unspecified atom stereocenters. The average Bonchev–Trinajstić information content (AvgIpc) is 3.03. The highest BCUT2D eigenvalue weighted by Gasteiger charge is 2.43. The van der Waals surface area contributed by atoms with Crippen molar-refractivity contribution in [1.82, 2.24) is 0 Å². The van der Waals surface area contributed by atoms with Crippen molar-refractivity contribution in [2.45, 2.75) is 46.4 Å². The molecular formula is C27H29NO6. The van der Waals surface area contributed by atoms with Crippen molar-refractivity contribution >= 4 is 28.3 Å². The summed E-state index contributed by atoms with van der Waals surface area (Å²) >= 11 is 0. The number of nitrogens with zero attached hydrogens (tertiary/aromatic N) is 1. The number of aliphatic hydroxyl groups excluding tert-OH is 1. The van der Waals surface area contributed by atoms with Crippen LogP contribution in [-0.4, -0.2) is 34.8 Å². The zero-order chi connectivity index (χ0) is 24.6. The van der Waals surface area contributed by atoms with Gasteiger partial charge in [0.2, 0.25) is 0 Å². The fraction of sp³-hybridized carbons (Fsp3) is 0.333. The molecule has 0 spiro atoms. The summed E-state index contributed by atoms with van der Waals surface area (Å²) in [7, 11) is 0. The normalized spacial score (nSPS) is 15.3. The van der Waals surface area contributed by atoms with Crippen molar-refractivity contribution in [3.63, 3.8) is 0 Å². The number of benzene rings is 3. The molecule has 3 aromatic rings. The van der Waals surface area contributed by atoms with Crippen molar-refractivity contribution in [3.8, 4) is 11.5 Å². The average molecular weight is 464 g/mol. The first-order valence-electron chi connectivity index (χ1n) is 11.4. The minimum Gasteiger partial charge on any atom is -0.492 e. The standard InChI is InChI=1S/C27H29NO6/c1-15(2)14-33-24-19-7-5-6-8-20(19)25(34-16(3)4)23-22(24)26(31)28(27(23)32)18-11-9-17(10-12-18)13-21(29)30/h5-12,15-16,27,32H,13-14H2,1-4H3,(H,29,30). The van der Waals surface area contributed by atoms with Gasteiger partial charge in [-0.25, -0.2) is 0 Å². The van der Waals surface area contributed by atoms with Gasteiger partial charge in [0.05, 0.1) is 30.3 Å². The van der Waals surface area contributed by atoms with E-state index in [1.165, 1.54) is 4.90 Å². The van der Waals surface area contributed by atoms with Gasteiger partial charge in [0.1, 0.15) is 11.5 Å². The van der Waals surface area contributed by atoms with E-state index in [-0.39, 0.29) is 24.0 Å². The minimum absolute atomic E-state index is 0.123.